The molecule has 8 heteroatoms. The van der Waals surface area contributed by atoms with Gasteiger partial charge in [0.2, 0.25) is 0 Å². The van der Waals surface area contributed by atoms with Crippen LogP contribution < -0.4 is 0 Å². The van der Waals surface area contributed by atoms with E-state index in [1.54, 1.807) is 13.8 Å². The van der Waals surface area contributed by atoms with Crippen molar-refractivity contribution in [2.75, 3.05) is 0 Å². The first kappa shape index (κ1) is 41.4. The number of aliphatic hydroxyl groups excluding tert-OH is 3. The van der Waals surface area contributed by atoms with E-state index >= 15 is 0 Å². The maximum Gasteiger partial charge on any atom is 0.306 e. The zero-order valence-corrected chi connectivity index (χ0v) is 31.1. The van der Waals surface area contributed by atoms with E-state index in [0.717, 1.165) is 44.9 Å². The monoisotopic (exact) mass is 664 g/mol. The van der Waals surface area contributed by atoms with Crippen molar-refractivity contribution in [3.8, 4) is 0 Å². The molecule has 2 aliphatic heterocycles. The lowest BCUT2D eigenvalue weighted by molar-refractivity contribution is -0.171. The number of aliphatic carboxylic acids is 1. The molecule has 0 aromatic rings. The van der Waals surface area contributed by atoms with E-state index in [0.29, 0.717) is 25.2 Å². The zero-order chi connectivity index (χ0) is 35.7. The lowest BCUT2D eigenvalue weighted by Crippen LogP contribution is -2.44. The minimum Gasteiger partial charge on any atom is -0.512 e. The highest BCUT2D eigenvalue weighted by molar-refractivity contribution is 5.91. The van der Waals surface area contributed by atoms with E-state index in [4.69, 9.17) is 14.6 Å². The fourth-order valence-electron chi connectivity index (χ4n) is 7.64. The number of hydrogen-bond acceptors (Lipinski definition) is 7. The number of carboxylic acids is 1. The molecule has 13 atom stereocenters. The molecule has 0 radical (unpaired) electrons. The summed E-state index contributed by atoms with van der Waals surface area (Å²) in [6.07, 6.45) is 12.2. The Bertz CT molecular complexity index is 1050. The number of hydrogen-bond donors (Lipinski definition) is 4. The van der Waals surface area contributed by atoms with Gasteiger partial charge in [-0.1, -0.05) is 60.6 Å². The molecular formula is C39H68O8. The fraction of sp³-hybridized carbons (Fsp3) is 0.846. The number of carboxylic acid groups (broad SMARTS) is 1. The molecule has 0 aromatic carbocycles. The molecular weight excluding hydrogens is 596 g/mol. The molecule has 0 spiro atoms. The highest BCUT2D eigenvalue weighted by Gasteiger charge is 2.51. The van der Waals surface area contributed by atoms with Gasteiger partial charge in [-0.2, -0.15) is 0 Å². The van der Waals surface area contributed by atoms with Gasteiger partial charge in [-0.3, -0.25) is 9.59 Å². The maximum atomic E-state index is 12.8. The third-order valence-corrected chi connectivity index (χ3v) is 11.1. The first-order valence-electron chi connectivity index (χ1n) is 18.3. The summed E-state index contributed by atoms with van der Waals surface area (Å²) in [6, 6.07) is 0. The highest BCUT2D eigenvalue weighted by Crippen LogP contribution is 2.45. The molecule has 272 valence electrons. The van der Waals surface area contributed by atoms with Gasteiger partial charge in [0, 0.05) is 30.3 Å². The molecule has 2 saturated heterocycles. The number of carbonyl (C=O) groups is 2. The van der Waals surface area contributed by atoms with Crippen LogP contribution in [0, 0.1) is 41.4 Å². The smallest absolute Gasteiger partial charge is 0.306 e. The second-order valence-electron chi connectivity index (χ2n) is 16.3. The Morgan fingerprint density at radius 3 is 1.96 bits per heavy atom. The summed E-state index contributed by atoms with van der Waals surface area (Å²) in [4.78, 5) is 24.0. The van der Waals surface area contributed by atoms with Crippen molar-refractivity contribution in [2.45, 2.75) is 169 Å². The van der Waals surface area contributed by atoms with Crippen molar-refractivity contribution in [3.63, 3.8) is 0 Å². The van der Waals surface area contributed by atoms with Crippen molar-refractivity contribution >= 4 is 11.8 Å². The summed E-state index contributed by atoms with van der Waals surface area (Å²) < 4.78 is 12.8. The Labute approximate surface area is 285 Å². The van der Waals surface area contributed by atoms with E-state index in [9.17, 15) is 24.9 Å². The first-order chi connectivity index (χ1) is 21.8. The van der Waals surface area contributed by atoms with Crippen molar-refractivity contribution in [3.05, 3.63) is 24.0 Å². The van der Waals surface area contributed by atoms with Crippen molar-refractivity contribution in [2.24, 2.45) is 41.4 Å². The van der Waals surface area contributed by atoms with Crippen LogP contribution in [0.15, 0.2) is 24.0 Å². The molecule has 13 unspecified atom stereocenters. The molecule has 2 aliphatic rings. The Morgan fingerprint density at radius 2 is 1.38 bits per heavy atom. The summed E-state index contributed by atoms with van der Waals surface area (Å²) in [7, 11) is 0. The highest BCUT2D eigenvalue weighted by atomic mass is 16.6. The van der Waals surface area contributed by atoms with Gasteiger partial charge in [0.05, 0.1) is 47.3 Å². The predicted octanol–water partition coefficient (Wildman–Crippen LogP) is 8.05. The molecule has 2 heterocycles. The minimum absolute atomic E-state index is 0.0188. The van der Waals surface area contributed by atoms with E-state index in [1.807, 2.05) is 27.7 Å². The second-order valence-corrected chi connectivity index (χ2v) is 16.3. The Hall–Kier alpha value is -1.74. The fourth-order valence-corrected chi connectivity index (χ4v) is 7.64. The number of ketones is 1. The number of rotatable bonds is 20. The van der Waals surface area contributed by atoms with Gasteiger partial charge in [-0.05, 0) is 96.3 Å². The summed E-state index contributed by atoms with van der Waals surface area (Å²) in [6.45, 7) is 19.8. The average molecular weight is 665 g/mol. The Morgan fingerprint density at radius 1 is 0.787 bits per heavy atom. The normalized spacial score (nSPS) is 31.2. The maximum absolute atomic E-state index is 12.8. The number of carbonyl (C=O) groups excluding carboxylic acids is 1. The minimum atomic E-state index is -0.770. The average Bonchev–Trinajstić information content (AvgIpc) is 3.56. The summed E-state index contributed by atoms with van der Waals surface area (Å²) in [5.74, 6) is -0.587. The number of ether oxygens (including phenoxy) is 2. The van der Waals surface area contributed by atoms with Crippen LogP contribution in [-0.2, 0) is 19.1 Å². The summed E-state index contributed by atoms with van der Waals surface area (Å²) in [5, 5.41) is 40.9. The third kappa shape index (κ3) is 12.9. The third-order valence-electron chi connectivity index (χ3n) is 11.1. The van der Waals surface area contributed by atoms with Crippen LogP contribution in [0.4, 0.5) is 0 Å². The number of allylic oxidation sites excluding steroid dienone is 3. The molecule has 47 heavy (non-hydrogen) atoms. The molecule has 0 aliphatic carbocycles. The van der Waals surface area contributed by atoms with Crippen LogP contribution >= 0.6 is 0 Å². The summed E-state index contributed by atoms with van der Waals surface area (Å²) in [5.41, 5.74) is -0.927. The van der Waals surface area contributed by atoms with E-state index in [-0.39, 0.29) is 59.3 Å². The van der Waals surface area contributed by atoms with Gasteiger partial charge in [0.25, 0.3) is 0 Å². The Kier molecular flexibility index (Phi) is 16.1. The summed E-state index contributed by atoms with van der Waals surface area (Å²) >= 11 is 0. The topological polar surface area (TPSA) is 134 Å². The molecule has 4 N–H and O–H groups in total. The first-order valence-corrected chi connectivity index (χ1v) is 18.3. The predicted molar refractivity (Wildman–Crippen MR) is 187 cm³/mol. The largest absolute Gasteiger partial charge is 0.512 e. The molecule has 8 nitrogen and oxygen atoms in total. The molecule has 0 amide bonds. The van der Waals surface area contributed by atoms with Gasteiger partial charge in [-0.15, -0.1) is 0 Å². The zero-order valence-electron chi connectivity index (χ0n) is 31.1. The quantitative estimate of drug-likeness (QED) is 0.0584. The molecule has 2 rings (SSSR count). The molecule has 2 fully saturated rings. The second kappa shape index (κ2) is 18.3. The van der Waals surface area contributed by atoms with Crippen LogP contribution in [0.25, 0.3) is 0 Å². The van der Waals surface area contributed by atoms with E-state index in [1.165, 1.54) is 6.08 Å². The van der Waals surface area contributed by atoms with E-state index in [2.05, 4.69) is 39.8 Å². The Balaban J connectivity index is 1.75. The van der Waals surface area contributed by atoms with Gasteiger partial charge >= 0.3 is 5.97 Å². The molecule has 0 saturated carbocycles. The van der Waals surface area contributed by atoms with E-state index < -0.39 is 29.4 Å². The molecule has 0 bridgehead atoms. The van der Waals surface area contributed by atoms with Crippen molar-refractivity contribution in [1.29, 1.82) is 0 Å². The van der Waals surface area contributed by atoms with Crippen molar-refractivity contribution < 1.29 is 39.5 Å². The van der Waals surface area contributed by atoms with Crippen LogP contribution in [0.2, 0.25) is 0 Å². The lowest BCUT2D eigenvalue weighted by Gasteiger charge is -2.35. The van der Waals surface area contributed by atoms with Crippen LogP contribution in [0.1, 0.15) is 133 Å². The van der Waals surface area contributed by atoms with Gasteiger partial charge in [-0.25, -0.2) is 0 Å². The van der Waals surface area contributed by atoms with Crippen molar-refractivity contribution in [1.82, 2.24) is 0 Å². The van der Waals surface area contributed by atoms with Gasteiger partial charge < -0.3 is 29.9 Å². The number of aliphatic hydroxyl groups is 3. The lowest BCUT2D eigenvalue weighted by atomic mass is 9.84. The van der Waals surface area contributed by atoms with Gasteiger partial charge in [0.15, 0.2) is 5.78 Å². The van der Waals surface area contributed by atoms with Crippen LogP contribution in [0.5, 0.6) is 0 Å². The SMILES string of the molecule is CC(CC(C)CC(C)C(=O)/C=C(\O)C(C)CC(C)CC=CC(C)C(O)CC1CCC(C)(C2CCC(C)(C(C)O)O2)O1)CC(C)C(=O)O. The molecule has 0 aromatic heterocycles. The van der Waals surface area contributed by atoms with Gasteiger partial charge in [0.1, 0.15) is 0 Å². The van der Waals surface area contributed by atoms with Crippen LogP contribution in [0.3, 0.4) is 0 Å². The van der Waals surface area contributed by atoms with Crippen LogP contribution in [-0.4, -0.2) is 67.8 Å². The standard InChI is InChI=1S/C39H68O8/c1-24(19-28(5)34(42)23-35(43)29(6)20-25(2)18-26(3)21-30(7)37(44)45)12-11-13-27(4)33(41)22-32-14-16-39(10,46-32)36-15-17-38(9,47-36)31(8)40/h11,13,23-33,36,40-42H,12,14-22H2,1-10H3,(H,44,45)/b13-11?,34-23-.